The molecule has 0 radical (unpaired) electrons. The van der Waals surface area contributed by atoms with Crippen molar-refractivity contribution in [3.63, 3.8) is 0 Å². The van der Waals surface area contributed by atoms with Gasteiger partial charge in [-0.3, -0.25) is 9.36 Å². The highest BCUT2D eigenvalue weighted by atomic mass is 127. The van der Waals surface area contributed by atoms with E-state index < -0.39 is 0 Å². The minimum Gasteiger partial charge on any atom is -0.508 e. The van der Waals surface area contributed by atoms with Crippen LogP contribution in [0, 0.1) is 3.57 Å². The van der Waals surface area contributed by atoms with E-state index in [0.29, 0.717) is 28.2 Å². The predicted molar refractivity (Wildman–Crippen MR) is 124 cm³/mol. The summed E-state index contributed by atoms with van der Waals surface area (Å²) >= 11 is 2.19. The standard InChI is InChI=1S/C23H17IN2O3/c1-29-19-4-2-3-17(14-19)26-22(12-7-15-5-9-18(27)10-6-15)25-21-11-8-16(24)13-20(21)23(26)28/h2-14,27H,1H3/b12-7+. The van der Waals surface area contributed by atoms with E-state index in [1.54, 1.807) is 48.1 Å². The molecule has 29 heavy (non-hydrogen) atoms. The molecule has 0 unspecified atom stereocenters. The van der Waals surface area contributed by atoms with Gasteiger partial charge in [0, 0.05) is 9.64 Å². The molecule has 5 nitrogen and oxygen atoms in total. The summed E-state index contributed by atoms with van der Waals surface area (Å²) in [5.41, 5.74) is 2.05. The minimum atomic E-state index is -0.146. The molecule has 0 saturated carbocycles. The second kappa shape index (κ2) is 8.08. The van der Waals surface area contributed by atoms with Gasteiger partial charge in [0.15, 0.2) is 0 Å². The lowest BCUT2D eigenvalue weighted by atomic mass is 10.2. The zero-order chi connectivity index (χ0) is 20.4. The summed E-state index contributed by atoms with van der Waals surface area (Å²) in [6.45, 7) is 0. The van der Waals surface area contributed by atoms with E-state index in [4.69, 9.17) is 9.72 Å². The Morgan fingerprint density at radius 1 is 1.03 bits per heavy atom. The molecule has 0 saturated heterocycles. The van der Waals surface area contributed by atoms with Gasteiger partial charge in [-0.05, 0) is 76.7 Å². The number of benzene rings is 3. The van der Waals surface area contributed by atoms with Gasteiger partial charge in [-0.2, -0.15) is 0 Å². The molecule has 0 aliphatic carbocycles. The molecule has 0 bridgehead atoms. The van der Waals surface area contributed by atoms with E-state index in [1.807, 2.05) is 42.5 Å². The van der Waals surface area contributed by atoms with Crippen LogP contribution in [0.5, 0.6) is 11.5 Å². The fourth-order valence-corrected chi connectivity index (χ4v) is 3.53. The number of methoxy groups -OCH3 is 1. The van der Waals surface area contributed by atoms with Crippen LogP contribution in [0.2, 0.25) is 0 Å². The average molecular weight is 496 g/mol. The van der Waals surface area contributed by atoms with Crippen molar-refractivity contribution >= 4 is 45.6 Å². The van der Waals surface area contributed by atoms with E-state index in [9.17, 15) is 9.90 Å². The number of hydrogen-bond acceptors (Lipinski definition) is 4. The van der Waals surface area contributed by atoms with E-state index in [1.165, 1.54) is 0 Å². The number of rotatable bonds is 4. The molecule has 144 valence electrons. The summed E-state index contributed by atoms with van der Waals surface area (Å²) in [6, 6.07) is 19.8. The third-order valence-corrected chi connectivity index (χ3v) is 5.16. The fraction of sp³-hybridized carbons (Fsp3) is 0.0435. The van der Waals surface area contributed by atoms with Crippen LogP contribution in [0.3, 0.4) is 0 Å². The Kier molecular flexibility index (Phi) is 5.35. The highest BCUT2D eigenvalue weighted by Gasteiger charge is 2.12. The summed E-state index contributed by atoms with van der Waals surface area (Å²) in [4.78, 5) is 18.1. The third-order valence-electron chi connectivity index (χ3n) is 4.49. The molecule has 3 aromatic carbocycles. The second-order valence-electron chi connectivity index (χ2n) is 6.40. The van der Waals surface area contributed by atoms with Crippen LogP contribution in [0.1, 0.15) is 11.4 Å². The van der Waals surface area contributed by atoms with Gasteiger partial charge in [-0.15, -0.1) is 0 Å². The summed E-state index contributed by atoms with van der Waals surface area (Å²) in [7, 11) is 1.59. The van der Waals surface area contributed by atoms with Crippen molar-refractivity contribution in [1.82, 2.24) is 9.55 Å². The number of halogens is 1. The lowest BCUT2D eigenvalue weighted by molar-refractivity contribution is 0.414. The maximum Gasteiger partial charge on any atom is 0.266 e. The average Bonchev–Trinajstić information content (AvgIpc) is 2.74. The lowest BCUT2D eigenvalue weighted by Gasteiger charge is -2.12. The molecule has 0 aliphatic heterocycles. The van der Waals surface area contributed by atoms with Crippen molar-refractivity contribution in [2.75, 3.05) is 7.11 Å². The molecular weight excluding hydrogens is 479 g/mol. The van der Waals surface area contributed by atoms with Crippen molar-refractivity contribution in [2.24, 2.45) is 0 Å². The number of aromatic hydroxyl groups is 1. The monoisotopic (exact) mass is 496 g/mol. The molecule has 0 atom stereocenters. The Hall–Kier alpha value is -3.13. The topological polar surface area (TPSA) is 64.3 Å². The molecule has 6 heteroatoms. The van der Waals surface area contributed by atoms with E-state index >= 15 is 0 Å². The number of phenolic OH excluding ortho intramolecular Hbond substituents is 1. The zero-order valence-electron chi connectivity index (χ0n) is 15.5. The van der Waals surface area contributed by atoms with Gasteiger partial charge < -0.3 is 9.84 Å². The highest BCUT2D eigenvalue weighted by molar-refractivity contribution is 14.1. The summed E-state index contributed by atoms with van der Waals surface area (Å²) < 4.78 is 7.88. The zero-order valence-corrected chi connectivity index (χ0v) is 17.7. The fourth-order valence-electron chi connectivity index (χ4n) is 3.04. The molecule has 0 aliphatic rings. The summed E-state index contributed by atoms with van der Waals surface area (Å²) in [5.74, 6) is 1.37. The van der Waals surface area contributed by atoms with Crippen LogP contribution in [0.25, 0.3) is 28.7 Å². The van der Waals surface area contributed by atoms with Crippen molar-refractivity contribution in [2.45, 2.75) is 0 Å². The maximum atomic E-state index is 13.4. The minimum absolute atomic E-state index is 0.146. The van der Waals surface area contributed by atoms with Crippen LogP contribution >= 0.6 is 22.6 Å². The van der Waals surface area contributed by atoms with Gasteiger partial charge in [-0.25, -0.2) is 4.98 Å². The third kappa shape index (κ3) is 4.02. The van der Waals surface area contributed by atoms with Crippen LogP contribution in [0.15, 0.2) is 71.5 Å². The SMILES string of the molecule is COc1cccc(-n2c(/C=C/c3ccc(O)cc3)nc3ccc(I)cc3c2=O)c1. The number of phenols is 1. The molecule has 0 fully saturated rings. The van der Waals surface area contributed by atoms with Crippen molar-refractivity contribution in [3.8, 4) is 17.2 Å². The maximum absolute atomic E-state index is 13.4. The van der Waals surface area contributed by atoms with Crippen molar-refractivity contribution < 1.29 is 9.84 Å². The predicted octanol–water partition coefficient (Wildman–Crippen LogP) is 4.87. The number of ether oxygens (including phenoxy) is 1. The molecule has 0 amide bonds. The Morgan fingerprint density at radius 2 is 1.83 bits per heavy atom. The van der Waals surface area contributed by atoms with Crippen LogP contribution in [-0.2, 0) is 0 Å². The second-order valence-corrected chi connectivity index (χ2v) is 7.64. The van der Waals surface area contributed by atoms with Gasteiger partial charge in [0.1, 0.15) is 17.3 Å². The first kappa shape index (κ1) is 19.2. The number of fused-ring (bicyclic) bond motifs is 1. The van der Waals surface area contributed by atoms with Crippen molar-refractivity contribution in [3.05, 3.63) is 92.0 Å². The number of aromatic nitrogens is 2. The number of hydrogen-bond donors (Lipinski definition) is 1. The van der Waals surface area contributed by atoms with Crippen molar-refractivity contribution in [1.29, 1.82) is 0 Å². The largest absolute Gasteiger partial charge is 0.508 e. The quantitative estimate of drug-likeness (QED) is 0.410. The Balaban J connectivity index is 1.94. The van der Waals surface area contributed by atoms with Gasteiger partial charge in [0.2, 0.25) is 0 Å². The molecular formula is C23H17IN2O3. The summed E-state index contributed by atoms with van der Waals surface area (Å²) in [6.07, 6.45) is 3.65. The van der Waals surface area contributed by atoms with Crippen LogP contribution in [-0.4, -0.2) is 21.8 Å². The normalized spacial score (nSPS) is 11.2. The highest BCUT2D eigenvalue weighted by Crippen LogP contribution is 2.20. The number of nitrogens with zero attached hydrogens (tertiary/aromatic N) is 2. The Bertz CT molecular complexity index is 1280. The van der Waals surface area contributed by atoms with Gasteiger partial charge in [0.05, 0.1) is 23.7 Å². The molecule has 4 aromatic rings. The van der Waals surface area contributed by atoms with Gasteiger partial charge in [-0.1, -0.05) is 24.3 Å². The van der Waals surface area contributed by atoms with E-state index in [0.717, 1.165) is 9.13 Å². The molecule has 1 aromatic heterocycles. The molecule has 1 heterocycles. The summed E-state index contributed by atoms with van der Waals surface area (Å²) in [5, 5.41) is 10.0. The van der Waals surface area contributed by atoms with E-state index in [2.05, 4.69) is 22.6 Å². The van der Waals surface area contributed by atoms with Gasteiger partial charge >= 0.3 is 0 Å². The Labute approximate surface area is 181 Å². The molecule has 0 spiro atoms. The molecule has 4 rings (SSSR count). The lowest BCUT2D eigenvalue weighted by Crippen LogP contribution is -2.22. The van der Waals surface area contributed by atoms with Gasteiger partial charge in [0.25, 0.3) is 5.56 Å². The smallest absolute Gasteiger partial charge is 0.266 e. The van der Waals surface area contributed by atoms with Crippen LogP contribution in [0.4, 0.5) is 0 Å². The van der Waals surface area contributed by atoms with Crippen LogP contribution < -0.4 is 10.3 Å². The first-order chi connectivity index (χ1) is 14.0. The van der Waals surface area contributed by atoms with E-state index in [-0.39, 0.29) is 11.3 Å². The molecule has 1 N–H and O–H groups in total. The first-order valence-electron chi connectivity index (χ1n) is 8.89. The first-order valence-corrected chi connectivity index (χ1v) is 9.97. The Morgan fingerprint density at radius 3 is 2.59 bits per heavy atom.